The lowest BCUT2D eigenvalue weighted by atomic mass is 10.1. The molecule has 126 valence electrons. The number of nitrogens with zero attached hydrogens (tertiary/aromatic N) is 1. The summed E-state index contributed by atoms with van der Waals surface area (Å²) in [6.45, 7) is 0.137. The first-order chi connectivity index (χ1) is 12.0. The van der Waals surface area contributed by atoms with Crippen LogP contribution in [0, 0.1) is 16.5 Å². The van der Waals surface area contributed by atoms with Crippen LogP contribution in [0.5, 0.6) is 5.75 Å². The minimum Gasteiger partial charge on any atom is -0.507 e. The van der Waals surface area contributed by atoms with E-state index >= 15 is 0 Å². The number of aromatic nitrogens is 3. The van der Waals surface area contributed by atoms with Gasteiger partial charge in [-0.05, 0) is 29.8 Å². The Balaban J connectivity index is 2.03. The van der Waals surface area contributed by atoms with Crippen molar-refractivity contribution in [3.8, 4) is 5.75 Å². The molecule has 0 saturated carbocycles. The smallest absolute Gasteiger partial charge is 0.217 e. The van der Waals surface area contributed by atoms with Crippen LogP contribution in [0.25, 0.3) is 10.8 Å². The summed E-state index contributed by atoms with van der Waals surface area (Å²) < 4.78 is 14.6. The normalized spacial score (nSPS) is 11.4. The average molecular weight is 360 g/mol. The molecule has 0 bridgehead atoms. The minimum atomic E-state index is -0.483. The molecule has 8 heteroatoms. The number of H-pyrrole nitrogens is 2. The van der Waals surface area contributed by atoms with Gasteiger partial charge in [0.05, 0.1) is 11.9 Å². The van der Waals surface area contributed by atoms with E-state index in [-0.39, 0.29) is 38.8 Å². The summed E-state index contributed by atoms with van der Waals surface area (Å²) in [6, 6.07) is 8.29. The fourth-order valence-corrected chi connectivity index (χ4v) is 3.16. The molecule has 0 spiro atoms. The van der Waals surface area contributed by atoms with Gasteiger partial charge in [0.1, 0.15) is 22.3 Å². The second-order valence-electron chi connectivity index (χ2n) is 5.64. The Morgan fingerprint density at radius 3 is 2.72 bits per heavy atom. The van der Waals surface area contributed by atoms with Crippen LogP contribution in [0.3, 0.4) is 0 Å². The van der Waals surface area contributed by atoms with Crippen molar-refractivity contribution in [2.45, 2.75) is 6.54 Å². The van der Waals surface area contributed by atoms with Crippen LogP contribution in [0.1, 0.15) is 5.56 Å². The van der Waals surface area contributed by atoms with E-state index in [4.69, 9.17) is 11.6 Å². The first-order valence-corrected chi connectivity index (χ1v) is 7.74. The Labute approximate surface area is 143 Å². The number of benzene rings is 2. The Morgan fingerprint density at radius 1 is 1.16 bits per heavy atom. The molecule has 1 heterocycles. The van der Waals surface area contributed by atoms with Gasteiger partial charge in [-0.1, -0.05) is 23.7 Å². The van der Waals surface area contributed by atoms with E-state index in [1.165, 1.54) is 41.1 Å². The number of aromatic amines is 2. The summed E-state index contributed by atoms with van der Waals surface area (Å²) in [7, 11) is 0. The summed E-state index contributed by atoms with van der Waals surface area (Å²) in [5.41, 5.74) is -0.313. The lowest BCUT2D eigenvalue weighted by molar-refractivity contribution is 0.481. The third kappa shape index (κ3) is 2.32. The largest absolute Gasteiger partial charge is 0.507 e. The molecule has 0 fully saturated rings. The summed E-state index contributed by atoms with van der Waals surface area (Å²) >= 11 is 6.03. The number of phenols is 1. The predicted molar refractivity (Wildman–Crippen MR) is 90.7 cm³/mol. The summed E-state index contributed by atoms with van der Waals surface area (Å²) in [5.74, 6) is -0.710. The van der Waals surface area contributed by atoms with Crippen LogP contribution < -0.4 is 10.9 Å². The molecule has 0 atom stereocenters. The lowest BCUT2D eigenvalue weighted by Gasteiger charge is -2.06. The molecule has 4 rings (SSSR count). The fourth-order valence-electron chi connectivity index (χ4n) is 2.93. The van der Waals surface area contributed by atoms with Crippen LogP contribution in [-0.2, 0) is 6.54 Å². The molecular formula is C17H11ClFN3O3. The number of aromatic hydroxyl groups is 1. The summed E-state index contributed by atoms with van der Waals surface area (Å²) in [4.78, 5) is 25.4. The van der Waals surface area contributed by atoms with Crippen molar-refractivity contribution in [3.63, 3.8) is 0 Å². The number of hydrogen-bond donors (Lipinski definition) is 3. The van der Waals surface area contributed by atoms with Crippen LogP contribution in [-0.4, -0.2) is 20.1 Å². The highest BCUT2D eigenvalue weighted by Gasteiger charge is 2.15. The maximum absolute atomic E-state index is 13.2. The lowest BCUT2D eigenvalue weighted by Crippen LogP contribution is -2.18. The minimum absolute atomic E-state index is 0.0257. The molecular weight excluding hydrogens is 349 g/mol. The Hall–Kier alpha value is -3.06. The second-order valence-corrected chi connectivity index (χ2v) is 6.05. The van der Waals surface area contributed by atoms with Crippen molar-refractivity contribution in [2.75, 3.05) is 0 Å². The Bertz CT molecular complexity index is 1310. The van der Waals surface area contributed by atoms with Gasteiger partial charge in [0.2, 0.25) is 10.9 Å². The number of halogens is 2. The average Bonchev–Trinajstić information content (AvgIpc) is 2.99. The highest BCUT2D eigenvalue weighted by Crippen LogP contribution is 2.20. The van der Waals surface area contributed by atoms with Crippen LogP contribution in [0.15, 0.2) is 46.0 Å². The van der Waals surface area contributed by atoms with E-state index in [1.54, 1.807) is 0 Å². The zero-order chi connectivity index (χ0) is 17.7. The van der Waals surface area contributed by atoms with Crippen molar-refractivity contribution in [2.24, 2.45) is 0 Å². The van der Waals surface area contributed by atoms with Gasteiger partial charge in [-0.25, -0.2) is 9.60 Å². The molecule has 1 aliphatic heterocycles. The Morgan fingerprint density at radius 2 is 1.96 bits per heavy atom. The van der Waals surface area contributed by atoms with Crippen LogP contribution in [0.2, 0.25) is 5.02 Å². The topological polar surface area (TPSA) is 90.9 Å². The molecule has 1 aliphatic carbocycles. The molecule has 25 heavy (non-hydrogen) atoms. The summed E-state index contributed by atoms with van der Waals surface area (Å²) in [5, 5.41) is 15.8. The van der Waals surface area contributed by atoms with Crippen LogP contribution >= 0.6 is 11.6 Å². The van der Waals surface area contributed by atoms with Gasteiger partial charge in [0, 0.05) is 10.4 Å². The molecule has 2 aromatic carbocycles. The molecule has 0 saturated heterocycles. The van der Waals surface area contributed by atoms with E-state index in [9.17, 15) is 19.1 Å². The third-order valence-corrected chi connectivity index (χ3v) is 4.47. The number of hydrogen-bond acceptors (Lipinski definition) is 3. The van der Waals surface area contributed by atoms with Crippen molar-refractivity contribution < 1.29 is 9.50 Å². The number of phenolic OH excluding ortho intramolecular Hbond substituents is 1. The maximum Gasteiger partial charge on any atom is 0.217 e. The highest BCUT2D eigenvalue weighted by molar-refractivity contribution is 6.31. The zero-order valence-electron chi connectivity index (χ0n) is 12.6. The SMILES string of the molecule is O=c1c2n(Cc3ccc(F)cc3Cl)[nH][nH]c=2c(=O)c2c(O)cccc12. The van der Waals surface area contributed by atoms with Crippen molar-refractivity contribution >= 4 is 22.4 Å². The van der Waals surface area contributed by atoms with Crippen molar-refractivity contribution in [1.29, 1.82) is 0 Å². The molecule has 0 amide bonds. The van der Waals surface area contributed by atoms with E-state index in [2.05, 4.69) is 10.3 Å². The zero-order valence-corrected chi connectivity index (χ0v) is 13.4. The van der Waals surface area contributed by atoms with Crippen molar-refractivity contribution in [1.82, 2.24) is 15.0 Å². The van der Waals surface area contributed by atoms with E-state index < -0.39 is 16.7 Å². The predicted octanol–water partition coefficient (Wildman–Crippen LogP) is 2.29. The van der Waals surface area contributed by atoms with Crippen molar-refractivity contribution in [3.05, 3.63) is 83.9 Å². The summed E-state index contributed by atoms with van der Waals surface area (Å²) in [6.07, 6.45) is 0. The fraction of sp³-hybridized carbons (Fsp3) is 0.0588. The quantitative estimate of drug-likeness (QED) is 0.513. The standard InChI is InChI=1S/C17H11ClFN3O3/c18-11-6-9(19)5-4-8(11)7-22-15-14(20-21-22)17(25)13-10(16(15)24)2-1-3-12(13)23/h1-6,20-21,23H,7H2. The maximum atomic E-state index is 13.2. The first-order valence-electron chi connectivity index (χ1n) is 7.36. The number of fused-ring (bicyclic) bond motifs is 1. The van der Waals surface area contributed by atoms with Gasteiger partial charge in [0.25, 0.3) is 0 Å². The molecule has 0 unspecified atom stereocenters. The molecule has 3 N–H and O–H groups in total. The molecule has 6 nitrogen and oxygen atoms in total. The van der Waals surface area contributed by atoms with Gasteiger partial charge in [-0.2, -0.15) is 0 Å². The van der Waals surface area contributed by atoms with Gasteiger partial charge in [-0.3, -0.25) is 19.4 Å². The molecule has 0 radical (unpaired) electrons. The Kier molecular flexibility index (Phi) is 3.40. The van der Waals surface area contributed by atoms with Gasteiger partial charge >= 0.3 is 0 Å². The number of nitrogens with one attached hydrogen (secondary N) is 2. The van der Waals surface area contributed by atoms with E-state index in [0.29, 0.717) is 5.56 Å². The van der Waals surface area contributed by atoms with Gasteiger partial charge < -0.3 is 5.11 Å². The number of rotatable bonds is 2. The molecule has 2 aromatic rings. The monoisotopic (exact) mass is 359 g/mol. The van der Waals surface area contributed by atoms with Gasteiger partial charge in [0.15, 0.2) is 0 Å². The molecule has 2 aliphatic rings. The van der Waals surface area contributed by atoms with Crippen LogP contribution in [0.4, 0.5) is 4.39 Å². The van der Waals surface area contributed by atoms with Gasteiger partial charge in [-0.15, -0.1) is 0 Å². The highest BCUT2D eigenvalue weighted by atomic mass is 35.5. The van der Waals surface area contributed by atoms with E-state index in [0.717, 1.165) is 0 Å². The van der Waals surface area contributed by atoms with E-state index in [1.807, 2.05) is 0 Å². The first kappa shape index (κ1) is 15.5. The second kappa shape index (κ2) is 5.49. The third-order valence-electron chi connectivity index (χ3n) is 4.12. The molecule has 0 aromatic heterocycles.